The highest BCUT2D eigenvalue weighted by Crippen LogP contribution is 2.20. The molecule has 80 valence electrons. The Labute approximate surface area is 88.7 Å². The normalized spacial score (nSPS) is 17.4. The van der Waals surface area contributed by atoms with Crippen molar-refractivity contribution in [2.75, 3.05) is 0 Å². The molecule has 1 aliphatic carbocycles. The molecule has 3 heteroatoms. The molecule has 0 N–H and O–H groups in total. The van der Waals surface area contributed by atoms with E-state index in [2.05, 4.69) is 5.16 Å². The van der Waals surface area contributed by atoms with Crippen molar-refractivity contribution in [1.29, 1.82) is 0 Å². The number of halogens is 1. The van der Waals surface area contributed by atoms with Crippen LogP contribution in [0.1, 0.15) is 31.2 Å². The van der Waals surface area contributed by atoms with Crippen LogP contribution in [-0.4, -0.2) is 12.3 Å². The van der Waals surface area contributed by atoms with Crippen molar-refractivity contribution in [3.63, 3.8) is 0 Å². The van der Waals surface area contributed by atoms with Crippen LogP contribution in [0.5, 0.6) is 0 Å². The van der Waals surface area contributed by atoms with Crippen molar-refractivity contribution in [3.8, 4) is 0 Å². The van der Waals surface area contributed by atoms with Crippen LogP contribution >= 0.6 is 0 Å². The van der Waals surface area contributed by atoms with Crippen LogP contribution in [-0.2, 0) is 4.84 Å². The van der Waals surface area contributed by atoms with Gasteiger partial charge in [-0.1, -0.05) is 17.3 Å². The van der Waals surface area contributed by atoms with Gasteiger partial charge in [0.2, 0.25) is 0 Å². The monoisotopic (exact) mass is 207 g/mol. The van der Waals surface area contributed by atoms with E-state index in [1.54, 1.807) is 18.3 Å². The summed E-state index contributed by atoms with van der Waals surface area (Å²) in [5.41, 5.74) is 0.730. The maximum Gasteiger partial charge on any atom is 0.127 e. The SMILES string of the molecule is Fc1cccc(C=NOC2CCCC2)c1. The second-order valence-corrected chi connectivity index (χ2v) is 3.80. The highest BCUT2D eigenvalue weighted by Gasteiger charge is 2.15. The van der Waals surface area contributed by atoms with Crippen LogP contribution in [0.4, 0.5) is 4.39 Å². The van der Waals surface area contributed by atoms with Crippen LogP contribution in [0.15, 0.2) is 29.4 Å². The zero-order valence-corrected chi connectivity index (χ0v) is 8.53. The van der Waals surface area contributed by atoms with E-state index in [0.29, 0.717) is 0 Å². The molecule has 0 aliphatic heterocycles. The third-order valence-electron chi connectivity index (χ3n) is 2.56. The Morgan fingerprint density at radius 2 is 2.13 bits per heavy atom. The topological polar surface area (TPSA) is 21.6 Å². The van der Waals surface area contributed by atoms with E-state index in [-0.39, 0.29) is 11.9 Å². The molecule has 1 aliphatic rings. The summed E-state index contributed by atoms with van der Waals surface area (Å²) in [6, 6.07) is 6.30. The van der Waals surface area contributed by atoms with Crippen molar-refractivity contribution in [2.24, 2.45) is 5.16 Å². The smallest absolute Gasteiger partial charge is 0.127 e. The summed E-state index contributed by atoms with van der Waals surface area (Å²) in [6.45, 7) is 0. The summed E-state index contributed by atoms with van der Waals surface area (Å²) < 4.78 is 12.8. The molecule has 0 atom stereocenters. The fourth-order valence-electron chi connectivity index (χ4n) is 1.76. The molecule has 0 saturated heterocycles. The third-order valence-corrected chi connectivity index (χ3v) is 2.56. The molecule has 0 aromatic heterocycles. The molecule has 0 radical (unpaired) electrons. The summed E-state index contributed by atoms with van der Waals surface area (Å²) in [6.07, 6.45) is 6.43. The van der Waals surface area contributed by atoms with Gasteiger partial charge in [0.15, 0.2) is 0 Å². The molecular formula is C12H14FNO. The highest BCUT2D eigenvalue weighted by atomic mass is 19.1. The van der Waals surface area contributed by atoms with Crippen LogP contribution in [0, 0.1) is 5.82 Å². The fourth-order valence-corrected chi connectivity index (χ4v) is 1.76. The number of hydrogen-bond donors (Lipinski definition) is 0. The van der Waals surface area contributed by atoms with E-state index in [0.717, 1.165) is 18.4 Å². The van der Waals surface area contributed by atoms with Gasteiger partial charge in [-0.3, -0.25) is 0 Å². The highest BCUT2D eigenvalue weighted by molar-refractivity contribution is 5.78. The summed E-state index contributed by atoms with van der Waals surface area (Å²) in [5, 5.41) is 3.87. The Balaban J connectivity index is 1.87. The third kappa shape index (κ3) is 3.05. The van der Waals surface area contributed by atoms with Crippen molar-refractivity contribution < 1.29 is 9.23 Å². The summed E-state index contributed by atoms with van der Waals surface area (Å²) in [7, 11) is 0. The quantitative estimate of drug-likeness (QED) is 0.551. The number of benzene rings is 1. The van der Waals surface area contributed by atoms with Crippen molar-refractivity contribution in [2.45, 2.75) is 31.8 Å². The van der Waals surface area contributed by atoms with Crippen molar-refractivity contribution in [1.82, 2.24) is 0 Å². The second kappa shape index (κ2) is 4.91. The number of hydrogen-bond acceptors (Lipinski definition) is 2. The van der Waals surface area contributed by atoms with Gasteiger partial charge in [-0.25, -0.2) is 4.39 Å². The number of rotatable bonds is 3. The van der Waals surface area contributed by atoms with Crippen LogP contribution in [0.25, 0.3) is 0 Å². The first-order chi connectivity index (χ1) is 7.34. The lowest BCUT2D eigenvalue weighted by Crippen LogP contribution is -2.02. The Bertz CT molecular complexity index is 345. The number of nitrogens with zero attached hydrogens (tertiary/aromatic N) is 1. The Kier molecular flexibility index (Phi) is 3.33. The predicted octanol–water partition coefficient (Wildman–Crippen LogP) is 3.12. The molecule has 15 heavy (non-hydrogen) atoms. The number of oxime groups is 1. The summed E-state index contributed by atoms with van der Waals surface area (Å²) in [5.74, 6) is -0.250. The first-order valence-corrected chi connectivity index (χ1v) is 5.29. The van der Waals surface area contributed by atoms with Gasteiger partial charge in [0.25, 0.3) is 0 Å². The van der Waals surface area contributed by atoms with Gasteiger partial charge < -0.3 is 4.84 Å². The van der Waals surface area contributed by atoms with Gasteiger partial charge in [-0.2, -0.15) is 0 Å². The Hall–Kier alpha value is -1.38. The minimum atomic E-state index is -0.250. The average molecular weight is 207 g/mol. The molecule has 0 spiro atoms. The van der Waals surface area contributed by atoms with Crippen LogP contribution < -0.4 is 0 Å². The van der Waals surface area contributed by atoms with Gasteiger partial charge in [-0.05, 0) is 43.4 Å². The minimum Gasteiger partial charge on any atom is -0.393 e. The minimum absolute atomic E-state index is 0.250. The first kappa shape index (κ1) is 10.1. The van der Waals surface area contributed by atoms with E-state index in [1.165, 1.54) is 25.0 Å². The van der Waals surface area contributed by atoms with Gasteiger partial charge >= 0.3 is 0 Å². The van der Waals surface area contributed by atoms with Crippen molar-refractivity contribution >= 4 is 6.21 Å². The zero-order chi connectivity index (χ0) is 10.5. The lowest BCUT2D eigenvalue weighted by atomic mass is 10.2. The maximum atomic E-state index is 12.8. The molecular weight excluding hydrogens is 193 g/mol. The fraction of sp³-hybridized carbons (Fsp3) is 0.417. The van der Waals surface area contributed by atoms with E-state index in [4.69, 9.17) is 4.84 Å². The molecule has 2 rings (SSSR count). The van der Waals surface area contributed by atoms with E-state index in [9.17, 15) is 4.39 Å². The summed E-state index contributed by atoms with van der Waals surface area (Å²) >= 11 is 0. The lowest BCUT2D eigenvalue weighted by Gasteiger charge is -2.04. The Morgan fingerprint density at radius 1 is 1.33 bits per heavy atom. The average Bonchev–Trinajstić information content (AvgIpc) is 2.71. The molecule has 1 aromatic rings. The van der Waals surface area contributed by atoms with Gasteiger partial charge in [0.1, 0.15) is 11.9 Å². The van der Waals surface area contributed by atoms with Gasteiger partial charge in [0.05, 0.1) is 6.21 Å². The molecule has 1 fully saturated rings. The van der Waals surface area contributed by atoms with Gasteiger partial charge in [-0.15, -0.1) is 0 Å². The van der Waals surface area contributed by atoms with E-state index in [1.807, 2.05) is 0 Å². The standard InChI is InChI=1S/C12H14FNO/c13-11-5-3-4-10(8-11)9-14-15-12-6-1-2-7-12/h3-5,8-9,12H,1-2,6-7H2. The van der Waals surface area contributed by atoms with E-state index < -0.39 is 0 Å². The maximum absolute atomic E-state index is 12.8. The lowest BCUT2D eigenvalue weighted by molar-refractivity contribution is 0.0657. The first-order valence-electron chi connectivity index (χ1n) is 5.29. The molecule has 2 nitrogen and oxygen atoms in total. The van der Waals surface area contributed by atoms with Gasteiger partial charge in [0, 0.05) is 0 Å². The predicted molar refractivity (Wildman–Crippen MR) is 57.3 cm³/mol. The largest absolute Gasteiger partial charge is 0.393 e. The molecule has 1 aromatic carbocycles. The van der Waals surface area contributed by atoms with Crippen LogP contribution in [0.3, 0.4) is 0 Å². The summed E-state index contributed by atoms with van der Waals surface area (Å²) in [4.78, 5) is 5.29. The van der Waals surface area contributed by atoms with E-state index >= 15 is 0 Å². The molecule has 1 saturated carbocycles. The van der Waals surface area contributed by atoms with Crippen molar-refractivity contribution in [3.05, 3.63) is 35.6 Å². The zero-order valence-electron chi connectivity index (χ0n) is 8.53. The molecule has 0 bridgehead atoms. The molecule has 0 unspecified atom stereocenters. The molecule has 0 amide bonds. The second-order valence-electron chi connectivity index (χ2n) is 3.80. The molecule has 0 heterocycles. The Morgan fingerprint density at radius 3 is 2.87 bits per heavy atom. The van der Waals surface area contributed by atoms with Crippen LogP contribution in [0.2, 0.25) is 0 Å².